The summed E-state index contributed by atoms with van der Waals surface area (Å²) in [6, 6.07) is -0.760. The van der Waals surface area contributed by atoms with Gasteiger partial charge in [0.2, 0.25) is 0 Å². The highest BCUT2D eigenvalue weighted by atomic mass is 35.5. The van der Waals surface area contributed by atoms with Gasteiger partial charge in [0.25, 0.3) is 0 Å². The van der Waals surface area contributed by atoms with E-state index in [0.717, 1.165) is 25.9 Å². The zero-order valence-electron chi connectivity index (χ0n) is 11.9. The zero-order valence-corrected chi connectivity index (χ0v) is 14.3. The van der Waals surface area contributed by atoms with Crippen LogP contribution < -0.4 is 33.2 Å². The Hall–Kier alpha value is -0.710. The molecular formula is C9H26Cl3N7O2. The van der Waals surface area contributed by atoms with E-state index < -0.39 is 0 Å². The Labute approximate surface area is 143 Å². The fourth-order valence-corrected chi connectivity index (χ4v) is 1.32. The molecule has 130 valence electrons. The third-order valence-corrected chi connectivity index (χ3v) is 2.27. The zero-order chi connectivity index (χ0) is 13.8. The number of nitrogens with one attached hydrogen (secondary N) is 4. The monoisotopic (exact) mass is 369 g/mol. The summed E-state index contributed by atoms with van der Waals surface area (Å²) in [5.74, 6) is 9.82. The molecule has 0 aromatic carbocycles. The first-order chi connectivity index (χ1) is 8.60. The van der Waals surface area contributed by atoms with Crippen LogP contribution in [0, 0.1) is 0 Å². The Bertz CT molecular complexity index is 237. The second kappa shape index (κ2) is 19.3. The standard InChI is InChI=1S/C9H23N7O2.3ClH/c1-16(6-2-4-12-8(17)14-10)7-3-5-13-9(18)15-11;;;/h2-7,10-11H2,1H3,(H2,12,14,17)(H2,13,15,18);3*1H. The molecule has 0 unspecified atom stereocenters. The first kappa shape index (κ1) is 28.5. The number of hydrogen-bond acceptors (Lipinski definition) is 5. The lowest BCUT2D eigenvalue weighted by atomic mass is 10.3. The summed E-state index contributed by atoms with van der Waals surface area (Å²) in [5.41, 5.74) is 3.98. The van der Waals surface area contributed by atoms with Gasteiger partial charge in [0, 0.05) is 13.1 Å². The van der Waals surface area contributed by atoms with Crippen LogP contribution in [0.4, 0.5) is 9.59 Å². The average Bonchev–Trinajstić information content (AvgIpc) is 2.38. The van der Waals surface area contributed by atoms with E-state index in [2.05, 4.69) is 15.5 Å². The maximum absolute atomic E-state index is 10.7. The van der Waals surface area contributed by atoms with E-state index in [1.54, 1.807) is 0 Å². The lowest BCUT2D eigenvalue weighted by Crippen LogP contribution is -2.41. The summed E-state index contributed by atoms with van der Waals surface area (Å²) in [5, 5.41) is 5.19. The highest BCUT2D eigenvalue weighted by Crippen LogP contribution is 1.89. The molecule has 0 heterocycles. The van der Waals surface area contributed by atoms with Crippen molar-refractivity contribution in [2.75, 3.05) is 33.2 Å². The molecule has 0 atom stereocenters. The van der Waals surface area contributed by atoms with Crippen molar-refractivity contribution in [1.29, 1.82) is 0 Å². The molecule has 0 rings (SSSR count). The molecule has 0 fully saturated rings. The summed E-state index contributed by atoms with van der Waals surface area (Å²) < 4.78 is 0. The van der Waals surface area contributed by atoms with E-state index in [-0.39, 0.29) is 49.3 Å². The second-order valence-corrected chi connectivity index (χ2v) is 3.81. The van der Waals surface area contributed by atoms with E-state index in [0.29, 0.717) is 13.1 Å². The van der Waals surface area contributed by atoms with Gasteiger partial charge in [-0.05, 0) is 33.0 Å². The Morgan fingerprint density at radius 3 is 1.48 bits per heavy atom. The van der Waals surface area contributed by atoms with Gasteiger partial charge in [-0.3, -0.25) is 10.9 Å². The molecular weight excluding hydrogens is 345 g/mol. The van der Waals surface area contributed by atoms with Gasteiger partial charge in [0.05, 0.1) is 0 Å². The minimum absolute atomic E-state index is 0. The van der Waals surface area contributed by atoms with Gasteiger partial charge in [0.15, 0.2) is 0 Å². The number of urea groups is 2. The van der Waals surface area contributed by atoms with Gasteiger partial charge in [-0.2, -0.15) is 0 Å². The van der Waals surface area contributed by atoms with Crippen LogP contribution >= 0.6 is 37.2 Å². The van der Waals surface area contributed by atoms with Crippen LogP contribution in [0.3, 0.4) is 0 Å². The third-order valence-electron chi connectivity index (χ3n) is 2.27. The van der Waals surface area contributed by atoms with Crippen LogP contribution in [0.1, 0.15) is 12.8 Å². The molecule has 12 heteroatoms. The molecule has 0 aliphatic heterocycles. The van der Waals surface area contributed by atoms with Crippen LogP contribution in [0.5, 0.6) is 0 Å². The van der Waals surface area contributed by atoms with Crippen LogP contribution in [0.25, 0.3) is 0 Å². The summed E-state index contributed by atoms with van der Waals surface area (Å²) in [4.78, 5) is 23.6. The molecule has 0 saturated heterocycles. The predicted molar refractivity (Wildman–Crippen MR) is 89.9 cm³/mol. The lowest BCUT2D eigenvalue weighted by molar-refractivity contribution is 0.239. The number of rotatable bonds is 8. The van der Waals surface area contributed by atoms with Crippen molar-refractivity contribution in [3.05, 3.63) is 0 Å². The maximum Gasteiger partial charge on any atom is 0.328 e. The Morgan fingerprint density at radius 1 is 0.857 bits per heavy atom. The maximum atomic E-state index is 10.7. The van der Waals surface area contributed by atoms with E-state index in [9.17, 15) is 9.59 Å². The molecule has 0 saturated carbocycles. The molecule has 8 N–H and O–H groups in total. The largest absolute Gasteiger partial charge is 0.337 e. The Balaban J connectivity index is -0.000000482. The number of nitrogens with two attached hydrogens (primary N) is 2. The number of hydrogen-bond donors (Lipinski definition) is 6. The molecule has 0 aliphatic rings. The topological polar surface area (TPSA) is 138 Å². The normalized spacial score (nSPS) is 8.57. The molecule has 0 bridgehead atoms. The number of hydrazine groups is 2. The van der Waals surface area contributed by atoms with Gasteiger partial charge < -0.3 is 15.5 Å². The SMILES string of the molecule is CN(CCCNC(=O)NN)CCCNC(=O)NN.Cl.Cl.Cl. The van der Waals surface area contributed by atoms with Crippen molar-refractivity contribution in [2.45, 2.75) is 12.8 Å². The van der Waals surface area contributed by atoms with Crippen molar-refractivity contribution in [1.82, 2.24) is 26.4 Å². The first-order valence-corrected chi connectivity index (χ1v) is 5.77. The van der Waals surface area contributed by atoms with Crippen LogP contribution in [-0.2, 0) is 0 Å². The van der Waals surface area contributed by atoms with E-state index in [1.807, 2.05) is 17.9 Å². The number of amides is 4. The Morgan fingerprint density at radius 2 is 1.19 bits per heavy atom. The second-order valence-electron chi connectivity index (χ2n) is 3.81. The summed E-state index contributed by atoms with van der Waals surface area (Å²) in [7, 11) is 1.98. The minimum Gasteiger partial charge on any atom is -0.337 e. The number of nitrogens with zero attached hydrogens (tertiary/aromatic N) is 1. The van der Waals surface area contributed by atoms with Gasteiger partial charge in [0.1, 0.15) is 0 Å². The molecule has 0 aliphatic carbocycles. The third kappa shape index (κ3) is 19.3. The predicted octanol–water partition coefficient (Wildman–Crippen LogP) is -0.690. The first-order valence-electron chi connectivity index (χ1n) is 5.77. The minimum atomic E-state index is -0.380. The molecule has 0 aromatic rings. The van der Waals surface area contributed by atoms with Gasteiger partial charge in [-0.25, -0.2) is 21.3 Å². The van der Waals surface area contributed by atoms with Crippen molar-refractivity contribution >= 4 is 49.3 Å². The van der Waals surface area contributed by atoms with E-state index in [1.165, 1.54) is 0 Å². The summed E-state index contributed by atoms with van der Waals surface area (Å²) >= 11 is 0. The highest BCUT2D eigenvalue weighted by Gasteiger charge is 2.00. The molecule has 21 heavy (non-hydrogen) atoms. The van der Waals surface area contributed by atoms with Crippen molar-refractivity contribution in [2.24, 2.45) is 11.7 Å². The number of carbonyl (C=O) groups excluding carboxylic acids is 2. The molecule has 0 radical (unpaired) electrons. The van der Waals surface area contributed by atoms with Crippen molar-refractivity contribution in [3.8, 4) is 0 Å². The van der Waals surface area contributed by atoms with Gasteiger partial charge in [-0.15, -0.1) is 37.2 Å². The molecule has 0 aromatic heterocycles. The van der Waals surface area contributed by atoms with Crippen molar-refractivity contribution < 1.29 is 9.59 Å². The quantitative estimate of drug-likeness (QED) is 0.145. The Kier molecular flexibility index (Phi) is 26.1. The van der Waals surface area contributed by atoms with E-state index >= 15 is 0 Å². The molecule has 9 nitrogen and oxygen atoms in total. The van der Waals surface area contributed by atoms with Crippen LogP contribution in [0.2, 0.25) is 0 Å². The van der Waals surface area contributed by atoms with E-state index in [4.69, 9.17) is 11.7 Å². The fraction of sp³-hybridized carbons (Fsp3) is 0.778. The molecule has 4 amide bonds. The summed E-state index contributed by atoms with van der Waals surface area (Å²) in [6.07, 6.45) is 1.67. The van der Waals surface area contributed by atoms with Crippen LogP contribution in [0.15, 0.2) is 0 Å². The number of carbonyl (C=O) groups is 2. The van der Waals surface area contributed by atoms with Crippen molar-refractivity contribution in [3.63, 3.8) is 0 Å². The van der Waals surface area contributed by atoms with Gasteiger partial charge in [-0.1, -0.05) is 0 Å². The molecule has 0 spiro atoms. The van der Waals surface area contributed by atoms with Gasteiger partial charge >= 0.3 is 12.1 Å². The number of halogens is 3. The smallest absolute Gasteiger partial charge is 0.328 e. The summed E-state index contributed by atoms with van der Waals surface area (Å²) in [6.45, 7) is 2.85. The lowest BCUT2D eigenvalue weighted by Gasteiger charge is -2.16. The fourth-order valence-electron chi connectivity index (χ4n) is 1.32. The highest BCUT2D eigenvalue weighted by molar-refractivity contribution is 5.86. The van der Waals surface area contributed by atoms with Crippen LogP contribution in [-0.4, -0.2) is 50.2 Å². The average molecular weight is 371 g/mol.